The lowest BCUT2D eigenvalue weighted by molar-refractivity contribution is -0.116. The second kappa shape index (κ2) is 8.00. The summed E-state index contributed by atoms with van der Waals surface area (Å²) in [7, 11) is 1.69. The maximum atomic E-state index is 12.2. The predicted molar refractivity (Wildman–Crippen MR) is 124 cm³/mol. The first-order valence-corrected chi connectivity index (χ1v) is 12.0. The van der Waals surface area contributed by atoms with Crippen molar-refractivity contribution >= 4 is 5.78 Å². The van der Waals surface area contributed by atoms with Crippen LogP contribution in [0.3, 0.4) is 0 Å². The van der Waals surface area contributed by atoms with Gasteiger partial charge in [0, 0.05) is 11.8 Å². The molecule has 0 heterocycles. The van der Waals surface area contributed by atoms with Crippen molar-refractivity contribution < 1.29 is 19.7 Å². The summed E-state index contributed by atoms with van der Waals surface area (Å²) in [5.41, 5.74) is 1.24. The molecule has 2 N–H and O–H groups in total. The Morgan fingerprint density at radius 2 is 1.94 bits per heavy atom. The van der Waals surface area contributed by atoms with Crippen LogP contribution in [-0.4, -0.2) is 35.3 Å². The molecular formula is C28H34O4. The molecule has 1 aromatic rings. The molecule has 0 saturated heterocycles. The summed E-state index contributed by atoms with van der Waals surface area (Å²) >= 11 is 0. The first-order valence-electron chi connectivity index (χ1n) is 12.0. The van der Waals surface area contributed by atoms with Crippen molar-refractivity contribution in [3.8, 4) is 5.75 Å². The van der Waals surface area contributed by atoms with Crippen LogP contribution >= 0.6 is 0 Å². The molecule has 4 heteroatoms. The van der Waals surface area contributed by atoms with Crippen LogP contribution < -0.4 is 4.74 Å². The second-order valence-corrected chi connectivity index (χ2v) is 10.4. The van der Waals surface area contributed by atoms with E-state index >= 15 is 0 Å². The minimum atomic E-state index is -1.06. The van der Waals surface area contributed by atoms with Crippen molar-refractivity contribution in [1.82, 2.24) is 0 Å². The minimum absolute atomic E-state index is 0.0743. The number of hydrogen-bond donors (Lipinski definition) is 2. The number of ether oxygens (including phenoxy) is 1. The smallest absolute Gasteiger partial charge is 0.155 e. The highest BCUT2D eigenvalue weighted by molar-refractivity contribution is 5.91. The molecule has 0 amide bonds. The molecule has 4 aliphatic rings. The van der Waals surface area contributed by atoms with Crippen LogP contribution in [0.4, 0.5) is 0 Å². The fourth-order valence-corrected chi connectivity index (χ4v) is 7.49. The Kier molecular flexibility index (Phi) is 5.42. The summed E-state index contributed by atoms with van der Waals surface area (Å²) in [6.45, 7) is 2.15. The standard InChI is InChI=1S/C28H34O4/c1-27-17-24(18-4-8-21(32-2)9-5-18)26-22-11-7-20(30)16-19(22)6-10-23(26)25(27)12-14-28(27,31)13-3-15-29/h3-5,8-9,12-14,16,22-26,29,31H,6-7,10-11,15,17H2,1-2H3/b13-3-/t22-,23-,24+,25-,26+,27-,28-/m0/s1. The molecule has 5 rings (SSSR count). The molecule has 0 aliphatic heterocycles. The fourth-order valence-electron chi connectivity index (χ4n) is 7.49. The van der Waals surface area contributed by atoms with Gasteiger partial charge in [-0.25, -0.2) is 0 Å². The average molecular weight is 435 g/mol. The molecular weight excluding hydrogens is 400 g/mol. The number of aliphatic hydroxyl groups is 2. The summed E-state index contributed by atoms with van der Waals surface area (Å²) in [5.74, 6) is 3.08. The van der Waals surface area contributed by atoms with Gasteiger partial charge in [0.05, 0.1) is 13.7 Å². The van der Waals surface area contributed by atoms with Crippen LogP contribution in [-0.2, 0) is 4.79 Å². The van der Waals surface area contributed by atoms with Crippen molar-refractivity contribution in [2.24, 2.45) is 29.1 Å². The number of rotatable bonds is 4. The van der Waals surface area contributed by atoms with Gasteiger partial charge in [-0.1, -0.05) is 48.9 Å². The van der Waals surface area contributed by atoms with Crippen molar-refractivity contribution in [1.29, 1.82) is 0 Å². The third-order valence-electron chi connectivity index (χ3n) is 9.05. The maximum Gasteiger partial charge on any atom is 0.155 e. The van der Waals surface area contributed by atoms with Gasteiger partial charge in [0.2, 0.25) is 0 Å². The summed E-state index contributed by atoms with van der Waals surface area (Å²) < 4.78 is 5.40. The molecule has 0 bridgehead atoms. The Balaban J connectivity index is 1.60. The van der Waals surface area contributed by atoms with Gasteiger partial charge < -0.3 is 14.9 Å². The molecule has 0 spiro atoms. The highest BCUT2D eigenvalue weighted by Gasteiger charge is 2.62. The Bertz CT molecular complexity index is 974. The Hall–Kier alpha value is -2.17. The number of benzene rings is 1. The maximum absolute atomic E-state index is 12.2. The highest BCUT2D eigenvalue weighted by Crippen LogP contribution is 2.66. The van der Waals surface area contributed by atoms with E-state index in [2.05, 4.69) is 25.1 Å². The van der Waals surface area contributed by atoms with Crippen LogP contribution in [0.1, 0.15) is 50.5 Å². The van der Waals surface area contributed by atoms with Gasteiger partial charge in [0.25, 0.3) is 0 Å². The third-order valence-corrected chi connectivity index (χ3v) is 9.05. The van der Waals surface area contributed by atoms with E-state index in [1.165, 1.54) is 11.1 Å². The molecule has 4 aliphatic carbocycles. The quantitative estimate of drug-likeness (QED) is 0.681. The zero-order valence-electron chi connectivity index (χ0n) is 19.0. The van der Waals surface area contributed by atoms with E-state index < -0.39 is 5.60 Å². The Labute approximate surface area is 190 Å². The van der Waals surface area contributed by atoms with Gasteiger partial charge in [-0.2, -0.15) is 0 Å². The van der Waals surface area contributed by atoms with Crippen LogP contribution in [0.2, 0.25) is 0 Å². The number of aliphatic hydroxyl groups excluding tert-OH is 1. The van der Waals surface area contributed by atoms with Crippen molar-refractivity contribution in [2.75, 3.05) is 13.7 Å². The number of hydrogen-bond acceptors (Lipinski definition) is 4. The van der Waals surface area contributed by atoms with Crippen LogP contribution in [0.5, 0.6) is 5.75 Å². The molecule has 2 saturated carbocycles. The molecule has 0 unspecified atom stereocenters. The monoisotopic (exact) mass is 434 g/mol. The summed E-state index contributed by atoms with van der Waals surface area (Å²) in [5, 5.41) is 21.1. The Morgan fingerprint density at radius 3 is 2.66 bits per heavy atom. The topological polar surface area (TPSA) is 66.8 Å². The fraction of sp³-hybridized carbons (Fsp3) is 0.536. The molecule has 0 radical (unpaired) electrons. The van der Waals surface area contributed by atoms with E-state index in [1.807, 2.05) is 24.3 Å². The van der Waals surface area contributed by atoms with Gasteiger partial charge >= 0.3 is 0 Å². The van der Waals surface area contributed by atoms with E-state index in [0.717, 1.165) is 31.4 Å². The van der Waals surface area contributed by atoms with Gasteiger partial charge in [0.15, 0.2) is 5.78 Å². The van der Waals surface area contributed by atoms with Crippen LogP contribution in [0.15, 0.2) is 60.2 Å². The minimum Gasteiger partial charge on any atom is -0.497 e. The number of carbonyl (C=O) groups excluding carboxylic acids is 1. The zero-order chi connectivity index (χ0) is 22.5. The molecule has 7 atom stereocenters. The van der Waals surface area contributed by atoms with Gasteiger partial charge in [0.1, 0.15) is 11.4 Å². The van der Waals surface area contributed by atoms with E-state index in [9.17, 15) is 15.0 Å². The number of carbonyl (C=O) groups is 1. The lowest BCUT2D eigenvalue weighted by atomic mass is 9.46. The third kappa shape index (κ3) is 3.22. The van der Waals surface area contributed by atoms with E-state index in [4.69, 9.17) is 4.74 Å². The largest absolute Gasteiger partial charge is 0.497 e. The molecule has 2 fully saturated rings. The molecule has 4 nitrogen and oxygen atoms in total. The van der Waals surface area contributed by atoms with Gasteiger partial charge in [-0.05, 0) is 79.0 Å². The van der Waals surface area contributed by atoms with Crippen molar-refractivity contribution in [3.05, 3.63) is 65.8 Å². The molecule has 0 aromatic heterocycles. The average Bonchev–Trinajstić information content (AvgIpc) is 3.07. The lowest BCUT2D eigenvalue weighted by Gasteiger charge is -2.58. The van der Waals surface area contributed by atoms with Gasteiger partial charge in [-0.15, -0.1) is 0 Å². The molecule has 32 heavy (non-hydrogen) atoms. The van der Waals surface area contributed by atoms with E-state index in [0.29, 0.717) is 30.1 Å². The summed E-state index contributed by atoms with van der Waals surface area (Å²) in [6.07, 6.45) is 14.1. The van der Waals surface area contributed by atoms with Gasteiger partial charge in [-0.3, -0.25) is 4.79 Å². The molecule has 1 aromatic carbocycles. The Morgan fingerprint density at radius 1 is 1.16 bits per heavy atom. The predicted octanol–water partition coefficient (Wildman–Crippen LogP) is 4.59. The van der Waals surface area contributed by atoms with Crippen LogP contribution in [0.25, 0.3) is 0 Å². The lowest BCUT2D eigenvalue weighted by Crippen LogP contribution is -2.55. The number of fused-ring (bicyclic) bond motifs is 5. The van der Waals surface area contributed by atoms with Crippen molar-refractivity contribution in [2.45, 2.75) is 50.5 Å². The summed E-state index contributed by atoms with van der Waals surface area (Å²) in [4.78, 5) is 12.2. The zero-order valence-corrected chi connectivity index (χ0v) is 19.0. The molecule has 170 valence electrons. The second-order valence-electron chi connectivity index (χ2n) is 10.4. The first-order chi connectivity index (χ1) is 15.4. The van der Waals surface area contributed by atoms with Crippen LogP contribution in [0, 0.1) is 29.1 Å². The highest BCUT2D eigenvalue weighted by atomic mass is 16.5. The number of methoxy groups -OCH3 is 1. The number of allylic oxidation sites excluding steroid dienone is 3. The van der Waals surface area contributed by atoms with E-state index in [1.54, 1.807) is 19.3 Å². The van der Waals surface area contributed by atoms with E-state index in [-0.39, 0.29) is 23.7 Å². The summed E-state index contributed by atoms with van der Waals surface area (Å²) in [6, 6.07) is 8.43. The SMILES string of the molecule is COc1ccc([C@H]2C[C@@]3(C)[C@@H](C=C[C@@]3(O)/C=C\CO)[C@@H]3CCC4=CC(=O)CC[C@@H]4[C@H]32)cc1. The normalized spacial score (nSPS) is 40.6. The number of ketones is 1. The van der Waals surface area contributed by atoms with Crippen molar-refractivity contribution in [3.63, 3.8) is 0 Å². The first kappa shape index (κ1) is 21.7.